The van der Waals surface area contributed by atoms with E-state index in [-0.39, 0.29) is 10.6 Å². The third kappa shape index (κ3) is 4.27. The fourth-order valence-corrected chi connectivity index (χ4v) is 1.77. The predicted molar refractivity (Wildman–Crippen MR) is 68.0 cm³/mol. The van der Waals surface area contributed by atoms with Crippen molar-refractivity contribution in [3.63, 3.8) is 0 Å². The highest BCUT2D eigenvalue weighted by atomic mass is 35.5. The van der Waals surface area contributed by atoms with Crippen molar-refractivity contribution in [2.45, 2.75) is 26.7 Å². The minimum Gasteiger partial charge on any atom is -0.493 e. The van der Waals surface area contributed by atoms with Gasteiger partial charge in [0.2, 0.25) is 0 Å². The van der Waals surface area contributed by atoms with Gasteiger partial charge in [0, 0.05) is 0 Å². The number of carboxylic acid groups (broad SMARTS) is 1. The number of benzene rings is 1. The molecule has 1 N–H and O–H groups in total. The van der Waals surface area contributed by atoms with Gasteiger partial charge >= 0.3 is 5.97 Å². The summed E-state index contributed by atoms with van der Waals surface area (Å²) in [5.41, 5.74) is 0.0762. The molecule has 17 heavy (non-hydrogen) atoms. The lowest BCUT2D eigenvalue weighted by Gasteiger charge is -2.12. The van der Waals surface area contributed by atoms with Crippen LogP contribution >= 0.6 is 11.6 Å². The number of rotatable bonds is 6. The molecule has 3 nitrogen and oxygen atoms in total. The van der Waals surface area contributed by atoms with Crippen LogP contribution in [0.4, 0.5) is 0 Å². The van der Waals surface area contributed by atoms with Gasteiger partial charge in [0.1, 0.15) is 5.75 Å². The van der Waals surface area contributed by atoms with Crippen molar-refractivity contribution in [1.82, 2.24) is 0 Å². The van der Waals surface area contributed by atoms with Crippen molar-refractivity contribution in [1.29, 1.82) is 0 Å². The zero-order valence-electron chi connectivity index (χ0n) is 10.1. The van der Waals surface area contributed by atoms with Crippen LogP contribution in [0.1, 0.15) is 37.0 Å². The maximum absolute atomic E-state index is 10.9. The molecule has 94 valence electrons. The molecule has 0 fully saturated rings. The number of ether oxygens (including phenoxy) is 1. The topological polar surface area (TPSA) is 46.5 Å². The molecule has 0 saturated carbocycles. The van der Waals surface area contributed by atoms with E-state index >= 15 is 0 Å². The average molecular weight is 257 g/mol. The van der Waals surface area contributed by atoms with E-state index in [1.807, 2.05) is 0 Å². The molecular formula is C13H17ClO3. The molecule has 0 heterocycles. The molecule has 1 atom stereocenters. The fourth-order valence-electron chi connectivity index (χ4n) is 1.57. The van der Waals surface area contributed by atoms with Crippen LogP contribution in [0.15, 0.2) is 18.2 Å². The van der Waals surface area contributed by atoms with E-state index in [2.05, 4.69) is 13.8 Å². The van der Waals surface area contributed by atoms with Crippen molar-refractivity contribution in [3.8, 4) is 5.75 Å². The molecule has 0 saturated heterocycles. The van der Waals surface area contributed by atoms with Crippen molar-refractivity contribution in [3.05, 3.63) is 28.8 Å². The Bertz CT molecular complexity index is 390. The quantitative estimate of drug-likeness (QED) is 0.841. The van der Waals surface area contributed by atoms with Gasteiger partial charge in [-0.05, 0) is 30.5 Å². The first-order chi connectivity index (χ1) is 8.04. The van der Waals surface area contributed by atoms with Gasteiger partial charge in [-0.3, -0.25) is 0 Å². The summed E-state index contributed by atoms with van der Waals surface area (Å²) in [4.78, 5) is 10.9. The second-order valence-electron chi connectivity index (χ2n) is 4.15. The van der Waals surface area contributed by atoms with E-state index in [4.69, 9.17) is 21.4 Å². The van der Waals surface area contributed by atoms with E-state index in [0.717, 1.165) is 12.8 Å². The molecule has 0 aliphatic heterocycles. The Kier molecular flexibility index (Phi) is 5.29. The van der Waals surface area contributed by atoms with Crippen molar-refractivity contribution in [2.75, 3.05) is 6.61 Å². The van der Waals surface area contributed by atoms with Gasteiger partial charge in [0.05, 0.1) is 17.2 Å². The Labute approximate surface area is 106 Å². The maximum Gasteiger partial charge on any atom is 0.337 e. The van der Waals surface area contributed by atoms with Crippen LogP contribution in [0.3, 0.4) is 0 Å². The summed E-state index contributed by atoms with van der Waals surface area (Å²) in [6, 6.07) is 4.70. The van der Waals surface area contributed by atoms with Crippen LogP contribution in [0, 0.1) is 5.92 Å². The number of hydrogen-bond donors (Lipinski definition) is 1. The summed E-state index contributed by atoms with van der Waals surface area (Å²) < 4.78 is 5.54. The summed E-state index contributed by atoms with van der Waals surface area (Å²) in [6.45, 7) is 4.83. The van der Waals surface area contributed by atoms with E-state index in [1.54, 1.807) is 12.1 Å². The third-order valence-electron chi connectivity index (χ3n) is 2.48. The van der Waals surface area contributed by atoms with Crippen LogP contribution in [-0.2, 0) is 0 Å². The van der Waals surface area contributed by atoms with E-state index in [0.29, 0.717) is 18.3 Å². The maximum atomic E-state index is 10.9. The summed E-state index contributed by atoms with van der Waals surface area (Å²) in [6.07, 6.45) is 2.21. The van der Waals surface area contributed by atoms with Crippen LogP contribution in [0.5, 0.6) is 5.75 Å². The first-order valence-electron chi connectivity index (χ1n) is 5.70. The second kappa shape index (κ2) is 6.50. The molecule has 1 aromatic rings. The molecule has 1 aromatic carbocycles. The Morgan fingerprint density at radius 3 is 2.82 bits per heavy atom. The molecule has 0 amide bonds. The van der Waals surface area contributed by atoms with Crippen LogP contribution in [0.2, 0.25) is 5.02 Å². The summed E-state index contributed by atoms with van der Waals surface area (Å²) in [7, 11) is 0. The predicted octanol–water partition coefficient (Wildman–Crippen LogP) is 3.85. The molecule has 4 heteroatoms. The highest BCUT2D eigenvalue weighted by molar-refractivity contribution is 6.33. The van der Waals surface area contributed by atoms with Gasteiger partial charge in [-0.1, -0.05) is 31.9 Å². The van der Waals surface area contributed by atoms with Gasteiger partial charge in [-0.2, -0.15) is 0 Å². The summed E-state index contributed by atoms with van der Waals surface area (Å²) in [5.74, 6) is -0.0271. The number of halogens is 1. The zero-order valence-corrected chi connectivity index (χ0v) is 10.8. The Balaban J connectivity index is 2.66. The average Bonchev–Trinajstić information content (AvgIpc) is 2.28. The molecule has 0 aliphatic carbocycles. The van der Waals surface area contributed by atoms with Crippen molar-refractivity contribution in [2.24, 2.45) is 5.92 Å². The Morgan fingerprint density at radius 2 is 2.24 bits per heavy atom. The van der Waals surface area contributed by atoms with Gasteiger partial charge in [0.15, 0.2) is 0 Å². The minimum absolute atomic E-state index is 0.0762. The van der Waals surface area contributed by atoms with E-state index in [1.165, 1.54) is 6.07 Å². The number of carbonyl (C=O) groups is 1. The Hall–Kier alpha value is -1.22. The molecule has 1 unspecified atom stereocenters. The third-order valence-corrected chi connectivity index (χ3v) is 2.81. The zero-order chi connectivity index (χ0) is 12.8. The standard InChI is InChI=1S/C13H17ClO3/c1-3-4-9(2)8-17-10-5-6-12(14)11(7-10)13(15)16/h5-7,9H,3-4,8H2,1-2H3,(H,15,16). The van der Waals surface area contributed by atoms with Crippen molar-refractivity contribution >= 4 is 17.6 Å². The molecular weight excluding hydrogens is 240 g/mol. The summed E-state index contributed by atoms with van der Waals surface area (Å²) in [5, 5.41) is 9.14. The number of hydrogen-bond acceptors (Lipinski definition) is 2. The molecule has 1 rings (SSSR count). The van der Waals surface area contributed by atoms with Crippen LogP contribution in [0.25, 0.3) is 0 Å². The van der Waals surface area contributed by atoms with E-state index in [9.17, 15) is 4.79 Å². The smallest absolute Gasteiger partial charge is 0.337 e. The largest absolute Gasteiger partial charge is 0.493 e. The van der Waals surface area contributed by atoms with Gasteiger partial charge in [0.25, 0.3) is 0 Å². The lowest BCUT2D eigenvalue weighted by Crippen LogP contribution is -2.08. The highest BCUT2D eigenvalue weighted by Crippen LogP contribution is 2.22. The molecule has 0 radical (unpaired) electrons. The SMILES string of the molecule is CCCC(C)COc1ccc(Cl)c(C(=O)O)c1. The lowest BCUT2D eigenvalue weighted by molar-refractivity contribution is 0.0696. The van der Waals surface area contributed by atoms with Gasteiger partial charge < -0.3 is 9.84 Å². The normalized spacial score (nSPS) is 12.2. The number of aromatic carboxylic acids is 1. The van der Waals surface area contributed by atoms with Gasteiger partial charge in [-0.15, -0.1) is 0 Å². The monoisotopic (exact) mass is 256 g/mol. The summed E-state index contributed by atoms with van der Waals surface area (Å²) >= 11 is 5.77. The lowest BCUT2D eigenvalue weighted by atomic mass is 10.1. The Morgan fingerprint density at radius 1 is 1.53 bits per heavy atom. The highest BCUT2D eigenvalue weighted by Gasteiger charge is 2.10. The molecule has 0 bridgehead atoms. The molecule has 0 spiro atoms. The first-order valence-corrected chi connectivity index (χ1v) is 6.08. The molecule has 0 aromatic heterocycles. The fraction of sp³-hybridized carbons (Fsp3) is 0.462. The minimum atomic E-state index is -1.04. The van der Waals surface area contributed by atoms with Crippen LogP contribution < -0.4 is 4.74 Å². The second-order valence-corrected chi connectivity index (χ2v) is 4.56. The van der Waals surface area contributed by atoms with E-state index < -0.39 is 5.97 Å². The molecule has 0 aliphatic rings. The van der Waals surface area contributed by atoms with Gasteiger partial charge in [-0.25, -0.2) is 4.79 Å². The van der Waals surface area contributed by atoms with Crippen molar-refractivity contribution < 1.29 is 14.6 Å². The van der Waals surface area contributed by atoms with Crippen LogP contribution in [-0.4, -0.2) is 17.7 Å². The number of carboxylic acids is 1. The first kappa shape index (κ1) is 13.8.